The predicted octanol–water partition coefficient (Wildman–Crippen LogP) is 2.00. The number of nitrogens with zero attached hydrogens (tertiary/aromatic N) is 1. The van der Waals surface area contributed by atoms with E-state index in [4.69, 9.17) is 5.11 Å². The molecule has 0 aliphatic carbocycles. The van der Waals surface area contributed by atoms with Crippen LogP contribution in [-0.2, 0) is 29.6 Å². The molecule has 11 heteroatoms. The second kappa shape index (κ2) is 8.94. The molecule has 0 saturated carbocycles. The lowest BCUT2D eigenvalue weighted by molar-refractivity contribution is -0.141. The van der Waals surface area contributed by atoms with Crippen molar-refractivity contribution in [2.75, 3.05) is 0 Å². The molecule has 0 radical (unpaired) electrons. The Labute approximate surface area is 174 Å². The lowest BCUT2D eigenvalue weighted by atomic mass is 10.2. The largest absolute Gasteiger partial charge is 0.481 e. The Balaban J connectivity index is 2.73. The molecule has 2 aromatic carbocycles. The van der Waals surface area contributed by atoms with E-state index in [1.165, 1.54) is 48.5 Å². The number of carbonyl (C=O) groups is 2. The number of aryl methyl sites for hydroxylation is 2. The van der Waals surface area contributed by atoms with Crippen molar-refractivity contribution < 1.29 is 36.6 Å². The molecule has 30 heavy (non-hydrogen) atoms. The highest BCUT2D eigenvalue weighted by molar-refractivity contribution is 8.04. The van der Waals surface area contributed by atoms with E-state index >= 15 is 0 Å². The van der Waals surface area contributed by atoms with Crippen LogP contribution in [0.15, 0.2) is 58.3 Å². The monoisotopic (exact) mass is 455 g/mol. The van der Waals surface area contributed by atoms with E-state index in [0.29, 0.717) is 11.1 Å². The Hall–Kier alpha value is -2.76. The van der Waals surface area contributed by atoms with E-state index < -0.39 is 60.7 Å². The Kier molecular flexibility index (Phi) is 7.01. The van der Waals surface area contributed by atoms with Crippen LogP contribution in [0.5, 0.6) is 0 Å². The second-order valence-electron chi connectivity index (χ2n) is 6.65. The van der Waals surface area contributed by atoms with E-state index in [2.05, 4.69) is 0 Å². The Morgan fingerprint density at radius 1 is 0.800 bits per heavy atom. The van der Waals surface area contributed by atoms with Crippen molar-refractivity contribution >= 4 is 32.0 Å². The first-order valence-electron chi connectivity index (χ1n) is 8.75. The first kappa shape index (κ1) is 23.5. The number of carboxylic acids is 2. The molecular formula is C19H21NO8S2. The van der Waals surface area contributed by atoms with Crippen molar-refractivity contribution in [3.63, 3.8) is 0 Å². The van der Waals surface area contributed by atoms with Gasteiger partial charge in [0.1, 0.15) is 6.04 Å². The van der Waals surface area contributed by atoms with Gasteiger partial charge in [-0.1, -0.05) is 39.1 Å². The highest BCUT2D eigenvalue weighted by Gasteiger charge is 2.45. The van der Waals surface area contributed by atoms with Crippen LogP contribution in [0.4, 0.5) is 0 Å². The molecule has 2 rings (SSSR count). The molecule has 0 heterocycles. The van der Waals surface area contributed by atoms with E-state index in [9.17, 15) is 31.5 Å². The van der Waals surface area contributed by atoms with Gasteiger partial charge < -0.3 is 10.2 Å². The molecule has 0 unspecified atom stereocenters. The number of hydrogen-bond donors (Lipinski definition) is 2. The van der Waals surface area contributed by atoms with Crippen molar-refractivity contribution in [1.29, 1.82) is 0 Å². The quantitative estimate of drug-likeness (QED) is 0.584. The lowest BCUT2D eigenvalue weighted by Gasteiger charge is -2.27. The normalized spacial score (nSPS) is 13.2. The molecule has 2 aromatic rings. The third kappa shape index (κ3) is 5.04. The summed E-state index contributed by atoms with van der Waals surface area (Å²) < 4.78 is 52.9. The predicted molar refractivity (Wildman–Crippen MR) is 107 cm³/mol. The second-order valence-corrected chi connectivity index (χ2v) is 10.5. The van der Waals surface area contributed by atoms with Crippen molar-refractivity contribution in [2.45, 2.75) is 42.5 Å². The third-order valence-corrected chi connectivity index (χ3v) is 8.65. The van der Waals surface area contributed by atoms with E-state index in [1.807, 2.05) is 0 Å². The summed E-state index contributed by atoms with van der Waals surface area (Å²) in [6.45, 7) is 3.40. The average Bonchev–Trinajstić information content (AvgIpc) is 2.64. The SMILES string of the molecule is Cc1ccc(S(=O)(=O)N([C@@H](CCC(=O)O)C(=O)O)S(=O)(=O)c2ccc(C)cc2)cc1. The van der Waals surface area contributed by atoms with E-state index in [-0.39, 0.29) is 3.71 Å². The maximum Gasteiger partial charge on any atom is 0.323 e. The van der Waals surface area contributed by atoms with Gasteiger partial charge >= 0.3 is 11.9 Å². The van der Waals surface area contributed by atoms with Gasteiger partial charge in [-0.05, 0) is 44.5 Å². The molecular weight excluding hydrogens is 434 g/mol. The summed E-state index contributed by atoms with van der Waals surface area (Å²) in [5, 5.41) is 18.5. The molecule has 0 aliphatic rings. The van der Waals surface area contributed by atoms with Crippen LogP contribution in [-0.4, -0.2) is 48.7 Å². The van der Waals surface area contributed by atoms with Crippen molar-refractivity contribution in [3.05, 3.63) is 59.7 Å². The molecule has 9 nitrogen and oxygen atoms in total. The Morgan fingerprint density at radius 3 is 1.47 bits per heavy atom. The topological polar surface area (TPSA) is 146 Å². The van der Waals surface area contributed by atoms with E-state index in [1.54, 1.807) is 13.8 Å². The van der Waals surface area contributed by atoms with Gasteiger partial charge in [-0.25, -0.2) is 16.8 Å². The van der Waals surface area contributed by atoms with Gasteiger partial charge in [-0.3, -0.25) is 9.59 Å². The molecule has 1 atom stereocenters. The van der Waals surface area contributed by atoms with Gasteiger partial charge in [0.05, 0.1) is 9.79 Å². The molecule has 0 amide bonds. The van der Waals surface area contributed by atoms with Crippen LogP contribution in [0.25, 0.3) is 0 Å². The molecule has 162 valence electrons. The van der Waals surface area contributed by atoms with Crippen LogP contribution in [0, 0.1) is 13.8 Å². The molecule has 0 saturated heterocycles. The minimum absolute atomic E-state index is 0.0966. The minimum atomic E-state index is -4.85. The van der Waals surface area contributed by atoms with Gasteiger partial charge in [0.2, 0.25) is 0 Å². The first-order chi connectivity index (χ1) is 13.9. The fourth-order valence-corrected chi connectivity index (χ4v) is 6.66. The summed E-state index contributed by atoms with van der Waals surface area (Å²) >= 11 is 0. The standard InChI is InChI=1S/C19H21NO8S2/c1-13-3-7-15(8-4-13)29(25,26)20(17(19(23)24)11-12-18(21)22)30(27,28)16-9-5-14(2)6-10-16/h3-10,17H,11-12H2,1-2H3,(H,21,22)(H,23,24)/t17-/m0/s1. The maximum atomic E-state index is 13.3. The number of carboxylic acid groups (broad SMARTS) is 2. The summed E-state index contributed by atoms with van der Waals surface area (Å²) in [6, 6.07) is 8.28. The molecule has 0 fully saturated rings. The van der Waals surface area contributed by atoms with Gasteiger partial charge in [-0.15, -0.1) is 0 Å². The summed E-state index contributed by atoms with van der Waals surface area (Å²) in [6.07, 6.45) is -1.47. The van der Waals surface area contributed by atoms with Crippen molar-refractivity contribution in [1.82, 2.24) is 3.71 Å². The number of rotatable bonds is 9. The highest BCUT2D eigenvalue weighted by Crippen LogP contribution is 2.29. The van der Waals surface area contributed by atoms with Crippen LogP contribution in [0.3, 0.4) is 0 Å². The Morgan fingerprint density at radius 2 is 1.17 bits per heavy atom. The molecule has 2 N–H and O–H groups in total. The zero-order valence-corrected chi connectivity index (χ0v) is 17.9. The van der Waals surface area contributed by atoms with Crippen LogP contribution in [0.2, 0.25) is 0 Å². The molecule has 0 bridgehead atoms. The highest BCUT2D eigenvalue weighted by atomic mass is 32.3. The lowest BCUT2D eigenvalue weighted by Crippen LogP contribution is -2.48. The zero-order valence-electron chi connectivity index (χ0n) is 16.2. The van der Waals surface area contributed by atoms with Crippen LogP contribution >= 0.6 is 0 Å². The number of aliphatic carboxylic acids is 2. The molecule has 0 aliphatic heterocycles. The molecule has 0 spiro atoms. The summed E-state index contributed by atoms with van der Waals surface area (Å²) in [5.74, 6) is -3.16. The van der Waals surface area contributed by atoms with Crippen LogP contribution < -0.4 is 0 Å². The van der Waals surface area contributed by atoms with Gasteiger partial charge in [0.25, 0.3) is 20.0 Å². The van der Waals surface area contributed by atoms with Crippen molar-refractivity contribution in [3.8, 4) is 0 Å². The fourth-order valence-electron chi connectivity index (χ4n) is 2.67. The zero-order chi connectivity index (χ0) is 22.7. The maximum absolute atomic E-state index is 13.3. The third-order valence-electron chi connectivity index (χ3n) is 4.28. The number of hydrogen-bond acceptors (Lipinski definition) is 6. The number of sulfonamides is 2. The number of benzene rings is 2. The summed E-state index contributed by atoms with van der Waals surface area (Å²) in [7, 11) is -9.71. The smallest absolute Gasteiger partial charge is 0.323 e. The van der Waals surface area contributed by atoms with Crippen LogP contribution in [0.1, 0.15) is 24.0 Å². The first-order valence-corrected chi connectivity index (χ1v) is 11.6. The molecule has 0 aromatic heterocycles. The average molecular weight is 456 g/mol. The van der Waals surface area contributed by atoms with E-state index in [0.717, 1.165) is 0 Å². The summed E-state index contributed by atoms with van der Waals surface area (Å²) in [5.41, 5.74) is 1.42. The van der Waals surface area contributed by atoms with Gasteiger partial charge in [0, 0.05) is 6.42 Å². The fraction of sp³-hybridized carbons (Fsp3) is 0.263. The van der Waals surface area contributed by atoms with Crippen molar-refractivity contribution in [2.24, 2.45) is 0 Å². The van der Waals surface area contributed by atoms with Gasteiger partial charge in [0.15, 0.2) is 0 Å². The van der Waals surface area contributed by atoms with Gasteiger partial charge in [-0.2, -0.15) is 0 Å². The minimum Gasteiger partial charge on any atom is -0.481 e. The summed E-state index contributed by atoms with van der Waals surface area (Å²) in [4.78, 5) is 22.0. The Bertz CT molecular complexity index is 1060.